The Morgan fingerprint density at radius 3 is 2.54 bits per heavy atom. The Morgan fingerprint density at radius 1 is 1.17 bits per heavy atom. The van der Waals surface area contributed by atoms with Crippen LogP contribution in [0.15, 0.2) is 33.3 Å². The molecule has 0 aliphatic heterocycles. The second-order valence-electron chi connectivity index (χ2n) is 5.32. The highest BCUT2D eigenvalue weighted by Crippen LogP contribution is 2.16. The summed E-state index contributed by atoms with van der Waals surface area (Å²) in [6.07, 6.45) is 2.08. The summed E-state index contributed by atoms with van der Waals surface area (Å²) in [6, 6.07) is 4.87. The van der Waals surface area contributed by atoms with Gasteiger partial charge in [0.1, 0.15) is 11.5 Å². The molecule has 0 saturated carbocycles. The van der Waals surface area contributed by atoms with Gasteiger partial charge in [-0.25, -0.2) is 0 Å². The molecule has 0 aromatic carbocycles. The smallest absolute Gasteiger partial charge is 0.287 e. The van der Waals surface area contributed by atoms with Gasteiger partial charge in [0, 0.05) is 25.9 Å². The third kappa shape index (κ3) is 4.84. The van der Waals surface area contributed by atoms with E-state index in [1.165, 1.54) is 13.2 Å². The predicted octanol–water partition coefficient (Wildman–Crippen LogP) is 1.86. The lowest BCUT2D eigenvalue weighted by Crippen LogP contribution is -2.34. The molecule has 24 heavy (non-hydrogen) atoms. The van der Waals surface area contributed by atoms with Crippen LogP contribution < -0.4 is 10.6 Å². The molecule has 2 N–H and O–H groups in total. The van der Waals surface area contributed by atoms with Crippen molar-refractivity contribution in [2.24, 2.45) is 0 Å². The van der Waals surface area contributed by atoms with Crippen LogP contribution in [0.25, 0.3) is 0 Å². The SMILES string of the molecule is CC(=O)c1cc(CCC(=O)NCCNC(=O)c2ccco2)oc1C. The molecule has 2 amide bonds. The van der Waals surface area contributed by atoms with Crippen molar-refractivity contribution in [1.82, 2.24) is 10.6 Å². The lowest BCUT2D eigenvalue weighted by molar-refractivity contribution is -0.121. The van der Waals surface area contributed by atoms with E-state index in [0.717, 1.165) is 0 Å². The number of carbonyl (C=O) groups excluding carboxylic acids is 3. The molecule has 0 saturated heterocycles. The Hall–Kier alpha value is -2.83. The lowest BCUT2D eigenvalue weighted by Gasteiger charge is -2.05. The van der Waals surface area contributed by atoms with Gasteiger partial charge in [-0.05, 0) is 32.0 Å². The highest BCUT2D eigenvalue weighted by atomic mass is 16.3. The normalized spacial score (nSPS) is 10.4. The van der Waals surface area contributed by atoms with E-state index in [-0.39, 0.29) is 29.8 Å². The van der Waals surface area contributed by atoms with E-state index in [1.54, 1.807) is 25.1 Å². The molecule has 0 aliphatic rings. The maximum absolute atomic E-state index is 11.8. The van der Waals surface area contributed by atoms with Gasteiger partial charge in [-0.3, -0.25) is 14.4 Å². The van der Waals surface area contributed by atoms with Crippen molar-refractivity contribution >= 4 is 17.6 Å². The van der Waals surface area contributed by atoms with Crippen LogP contribution in [-0.2, 0) is 11.2 Å². The molecule has 7 heteroatoms. The quantitative estimate of drug-likeness (QED) is 0.567. The van der Waals surface area contributed by atoms with E-state index in [0.29, 0.717) is 36.6 Å². The molecule has 0 unspecified atom stereocenters. The fourth-order valence-corrected chi connectivity index (χ4v) is 2.21. The summed E-state index contributed by atoms with van der Waals surface area (Å²) in [7, 11) is 0. The molecule has 0 fully saturated rings. The zero-order chi connectivity index (χ0) is 17.5. The first-order valence-corrected chi connectivity index (χ1v) is 7.66. The minimum absolute atomic E-state index is 0.0562. The van der Waals surface area contributed by atoms with E-state index >= 15 is 0 Å². The average Bonchev–Trinajstić information content (AvgIpc) is 3.18. The molecule has 0 atom stereocenters. The second-order valence-corrected chi connectivity index (χ2v) is 5.32. The first-order chi connectivity index (χ1) is 11.5. The fourth-order valence-electron chi connectivity index (χ4n) is 2.21. The second kappa shape index (κ2) is 8.14. The van der Waals surface area contributed by atoms with Crippen LogP contribution in [0, 0.1) is 6.92 Å². The molecular weight excluding hydrogens is 312 g/mol. The largest absolute Gasteiger partial charge is 0.466 e. The lowest BCUT2D eigenvalue weighted by atomic mass is 10.1. The molecule has 128 valence electrons. The molecular formula is C17H20N2O5. The maximum Gasteiger partial charge on any atom is 0.287 e. The van der Waals surface area contributed by atoms with Crippen LogP contribution in [-0.4, -0.2) is 30.7 Å². The van der Waals surface area contributed by atoms with Crippen molar-refractivity contribution in [2.45, 2.75) is 26.7 Å². The summed E-state index contributed by atoms with van der Waals surface area (Å²) in [5.41, 5.74) is 0.547. The zero-order valence-corrected chi connectivity index (χ0v) is 13.7. The van der Waals surface area contributed by atoms with Gasteiger partial charge in [0.25, 0.3) is 5.91 Å². The van der Waals surface area contributed by atoms with E-state index in [4.69, 9.17) is 8.83 Å². The van der Waals surface area contributed by atoms with Crippen molar-refractivity contribution in [2.75, 3.05) is 13.1 Å². The van der Waals surface area contributed by atoms with Crippen molar-refractivity contribution < 1.29 is 23.2 Å². The number of Topliss-reactive ketones (excluding diaryl/α,β-unsaturated/α-hetero) is 1. The van der Waals surface area contributed by atoms with Crippen molar-refractivity contribution in [3.05, 3.63) is 47.3 Å². The third-order valence-corrected chi connectivity index (χ3v) is 3.42. The molecule has 2 heterocycles. The summed E-state index contributed by atoms with van der Waals surface area (Å²) >= 11 is 0. The highest BCUT2D eigenvalue weighted by molar-refractivity contribution is 5.95. The van der Waals surface area contributed by atoms with Crippen molar-refractivity contribution in [1.29, 1.82) is 0 Å². The number of nitrogens with one attached hydrogen (secondary N) is 2. The number of carbonyl (C=O) groups is 3. The van der Waals surface area contributed by atoms with Gasteiger partial charge in [-0.15, -0.1) is 0 Å². The van der Waals surface area contributed by atoms with Crippen LogP contribution in [0.1, 0.15) is 45.8 Å². The third-order valence-electron chi connectivity index (χ3n) is 3.42. The van der Waals surface area contributed by atoms with Crippen LogP contribution in [0.3, 0.4) is 0 Å². The number of furan rings is 2. The fraction of sp³-hybridized carbons (Fsp3) is 0.353. The number of rotatable bonds is 8. The van der Waals surface area contributed by atoms with Crippen LogP contribution in [0.5, 0.6) is 0 Å². The van der Waals surface area contributed by atoms with Gasteiger partial charge in [-0.2, -0.15) is 0 Å². The minimum Gasteiger partial charge on any atom is -0.466 e. The van der Waals surface area contributed by atoms with E-state index in [1.807, 2.05) is 0 Å². The molecule has 7 nitrogen and oxygen atoms in total. The molecule has 2 rings (SSSR count). The van der Waals surface area contributed by atoms with Crippen molar-refractivity contribution in [3.8, 4) is 0 Å². The number of amides is 2. The van der Waals surface area contributed by atoms with Gasteiger partial charge >= 0.3 is 0 Å². The summed E-state index contributed by atoms with van der Waals surface area (Å²) < 4.78 is 10.4. The standard InChI is InChI=1S/C17H20N2O5/c1-11(20)14-10-13(24-12(14)2)5-6-16(21)18-7-8-19-17(22)15-4-3-9-23-15/h3-4,9-10H,5-8H2,1-2H3,(H,18,21)(H,19,22). The molecule has 0 bridgehead atoms. The van der Waals surface area contributed by atoms with Gasteiger partial charge in [-0.1, -0.05) is 0 Å². The topological polar surface area (TPSA) is 102 Å². The maximum atomic E-state index is 11.8. The Morgan fingerprint density at radius 2 is 1.92 bits per heavy atom. The highest BCUT2D eigenvalue weighted by Gasteiger charge is 2.12. The Balaban J connectivity index is 1.66. The molecule has 0 aliphatic carbocycles. The van der Waals surface area contributed by atoms with Gasteiger partial charge in [0.05, 0.1) is 11.8 Å². The Kier molecular flexibility index (Phi) is 5.95. The van der Waals surface area contributed by atoms with Crippen LogP contribution in [0.4, 0.5) is 0 Å². The first-order valence-electron chi connectivity index (χ1n) is 7.66. The van der Waals surface area contributed by atoms with Gasteiger partial charge < -0.3 is 19.5 Å². The number of aryl methyl sites for hydroxylation is 2. The van der Waals surface area contributed by atoms with Crippen LogP contribution in [0.2, 0.25) is 0 Å². The average molecular weight is 332 g/mol. The first kappa shape index (κ1) is 17.5. The van der Waals surface area contributed by atoms with E-state index in [2.05, 4.69) is 10.6 Å². The number of ketones is 1. The minimum atomic E-state index is -0.322. The van der Waals surface area contributed by atoms with Crippen LogP contribution >= 0.6 is 0 Å². The number of hydrogen-bond acceptors (Lipinski definition) is 5. The summed E-state index contributed by atoms with van der Waals surface area (Å²) in [6.45, 7) is 3.83. The molecule has 0 spiro atoms. The van der Waals surface area contributed by atoms with E-state index < -0.39 is 0 Å². The van der Waals surface area contributed by atoms with Gasteiger partial charge in [0.2, 0.25) is 5.91 Å². The Labute approximate surface area is 139 Å². The summed E-state index contributed by atoms with van der Waals surface area (Å²) in [5.74, 6) is 0.880. The summed E-state index contributed by atoms with van der Waals surface area (Å²) in [5, 5.41) is 5.34. The van der Waals surface area contributed by atoms with E-state index in [9.17, 15) is 14.4 Å². The summed E-state index contributed by atoms with van der Waals surface area (Å²) in [4.78, 5) is 34.7. The number of hydrogen-bond donors (Lipinski definition) is 2. The Bertz CT molecular complexity index is 715. The molecule has 2 aromatic heterocycles. The monoisotopic (exact) mass is 332 g/mol. The molecule has 2 aromatic rings. The van der Waals surface area contributed by atoms with Gasteiger partial charge in [0.15, 0.2) is 11.5 Å². The van der Waals surface area contributed by atoms with Crippen molar-refractivity contribution in [3.63, 3.8) is 0 Å². The zero-order valence-electron chi connectivity index (χ0n) is 13.7. The predicted molar refractivity (Wildman–Crippen MR) is 85.8 cm³/mol. The molecule has 0 radical (unpaired) electrons.